The molecule has 1 rings (SSSR count). The van der Waals surface area contributed by atoms with Gasteiger partial charge in [-0.05, 0) is 31.6 Å². The SMILES string of the molecule is C=C1CC(C)CC(CC)(NBC(=O)O)C1. The summed E-state index contributed by atoms with van der Waals surface area (Å²) in [5.74, 6) is -0.181. The Kier molecular flexibility index (Phi) is 3.97. The molecule has 0 aromatic rings. The lowest BCUT2D eigenvalue weighted by atomic mass is 9.70. The molecular weight excluding hydrogens is 189 g/mol. The van der Waals surface area contributed by atoms with E-state index in [0.29, 0.717) is 5.92 Å². The Bertz CT molecular complexity index is 267. The van der Waals surface area contributed by atoms with Gasteiger partial charge in [0, 0.05) is 5.54 Å². The van der Waals surface area contributed by atoms with Crippen LogP contribution in [0.4, 0.5) is 4.79 Å². The second kappa shape index (κ2) is 4.84. The number of carboxylic acid groups (broad SMARTS) is 1. The van der Waals surface area contributed by atoms with Crippen molar-refractivity contribution in [2.75, 3.05) is 0 Å². The minimum atomic E-state index is -0.785. The largest absolute Gasteiger partial charge is 0.488 e. The normalized spacial score (nSPS) is 31.3. The van der Waals surface area contributed by atoms with Gasteiger partial charge in [-0.15, -0.1) is 0 Å². The Morgan fingerprint density at radius 2 is 2.47 bits per heavy atom. The zero-order valence-electron chi connectivity index (χ0n) is 9.68. The molecule has 0 aromatic carbocycles. The molecule has 3 nitrogen and oxygen atoms in total. The van der Waals surface area contributed by atoms with Gasteiger partial charge in [0.05, 0.1) is 0 Å². The van der Waals surface area contributed by atoms with E-state index < -0.39 is 5.87 Å². The Morgan fingerprint density at radius 1 is 1.80 bits per heavy atom. The lowest BCUT2D eigenvalue weighted by Gasteiger charge is -2.41. The third-order valence-corrected chi connectivity index (χ3v) is 3.26. The molecule has 0 radical (unpaired) electrons. The summed E-state index contributed by atoms with van der Waals surface area (Å²) in [7, 11) is 0.0494. The summed E-state index contributed by atoms with van der Waals surface area (Å²) in [5.41, 5.74) is 1.21. The summed E-state index contributed by atoms with van der Waals surface area (Å²) in [5, 5.41) is 11.9. The number of hydrogen-bond donors (Lipinski definition) is 2. The molecule has 0 aliphatic heterocycles. The van der Waals surface area contributed by atoms with E-state index in [1.54, 1.807) is 0 Å². The molecule has 84 valence electrons. The standard InChI is InChI=1S/C11H20BNO2/c1-4-11(13-12-10(14)15)6-8(2)5-9(3)7-11/h9,12-13H,2,4-7H2,1,3H3,(H,14,15). The maximum atomic E-state index is 10.6. The molecule has 15 heavy (non-hydrogen) atoms. The van der Waals surface area contributed by atoms with Gasteiger partial charge >= 0.3 is 7.41 Å². The van der Waals surface area contributed by atoms with Crippen molar-refractivity contribution in [3.63, 3.8) is 0 Å². The predicted molar refractivity (Wildman–Crippen MR) is 63.5 cm³/mol. The summed E-state index contributed by atoms with van der Waals surface area (Å²) < 4.78 is 0. The van der Waals surface area contributed by atoms with Crippen molar-refractivity contribution in [1.82, 2.24) is 5.23 Å². The Hall–Kier alpha value is -0.765. The van der Waals surface area contributed by atoms with E-state index in [2.05, 4.69) is 25.7 Å². The van der Waals surface area contributed by atoms with Crippen LogP contribution in [0.15, 0.2) is 12.2 Å². The van der Waals surface area contributed by atoms with E-state index in [0.717, 1.165) is 25.7 Å². The van der Waals surface area contributed by atoms with Crippen molar-refractivity contribution < 1.29 is 9.90 Å². The van der Waals surface area contributed by atoms with Crippen LogP contribution in [0.25, 0.3) is 0 Å². The van der Waals surface area contributed by atoms with Gasteiger partial charge < -0.3 is 10.3 Å². The number of nitrogens with one attached hydrogen (secondary N) is 1. The average molecular weight is 209 g/mol. The van der Waals surface area contributed by atoms with E-state index in [-0.39, 0.29) is 13.0 Å². The van der Waals surface area contributed by atoms with E-state index in [4.69, 9.17) is 5.11 Å². The summed E-state index contributed by atoms with van der Waals surface area (Å²) >= 11 is 0. The molecule has 0 aromatic heterocycles. The van der Waals surface area contributed by atoms with Gasteiger partial charge in [0.25, 0.3) is 5.87 Å². The third-order valence-electron chi connectivity index (χ3n) is 3.26. The number of carbonyl (C=O) groups is 1. The van der Waals surface area contributed by atoms with Crippen molar-refractivity contribution >= 4 is 13.3 Å². The zero-order valence-corrected chi connectivity index (χ0v) is 9.68. The zero-order chi connectivity index (χ0) is 11.5. The topological polar surface area (TPSA) is 49.3 Å². The Balaban J connectivity index is 2.65. The highest BCUT2D eigenvalue weighted by Gasteiger charge is 2.34. The van der Waals surface area contributed by atoms with Crippen LogP contribution in [-0.2, 0) is 0 Å². The van der Waals surface area contributed by atoms with Crippen LogP contribution in [0.2, 0.25) is 0 Å². The minimum Gasteiger partial charge on any atom is -0.488 e. The van der Waals surface area contributed by atoms with Crippen LogP contribution in [-0.4, -0.2) is 23.9 Å². The molecule has 2 atom stereocenters. The van der Waals surface area contributed by atoms with Gasteiger partial charge in [-0.25, -0.2) is 0 Å². The molecule has 0 saturated heterocycles. The molecule has 0 heterocycles. The van der Waals surface area contributed by atoms with E-state index in [9.17, 15) is 4.79 Å². The van der Waals surface area contributed by atoms with E-state index in [1.165, 1.54) is 5.57 Å². The molecular formula is C11H20BNO2. The summed E-state index contributed by atoms with van der Waals surface area (Å²) in [4.78, 5) is 10.6. The van der Waals surface area contributed by atoms with E-state index in [1.807, 2.05) is 0 Å². The average Bonchev–Trinajstić information content (AvgIpc) is 2.13. The fourth-order valence-electron chi connectivity index (χ4n) is 2.65. The lowest BCUT2D eigenvalue weighted by Crippen LogP contribution is -2.51. The van der Waals surface area contributed by atoms with Crippen LogP contribution >= 0.6 is 0 Å². The molecule has 0 spiro atoms. The van der Waals surface area contributed by atoms with Crippen LogP contribution in [0.1, 0.15) is 39.5 Å². The first-order valence-electron chi connectivity index (χ1n) is 5.61. The van der Waals surface area contributed by atoms with Crippen molar-refractivity contribution in [1.29, 1.82) is 0 Å². The first-order chi connectivity index (χ1) is 6.97. The molecule has 0 amide bonds. The van der Waals surface area contributed by atoms with Crippen molar-refractivity contribution in [2.45, 2.75) is 45.1 Å². The fraction of sp³-hybridized carbons (Fsp3) is 0.727. The molecule has 2 unspecified atom stereocenters. The highest BCUT2D eigenvalue weighted by molar-refractivity contribution is 6.69. The van der Waals surface area contributed by atoms with Crippen LogP contribution in [0.5, 0.6) is 0 Å². The summed E-state index contributed by atoms with van der Waals surface area (Å²) in [6, 6.07) is 0. The first kappa shape index (κ1) is 12.3. The number of rotatable bonds is 4. The van der Waals surface area contributed by atoms with Crippen molar-refractivity contribution in [3.8, 4) is 0 Å². The second-order valence-electron chi connectivity index (χ2n) is 4.82. The Labute approximate surface area is 92.2 Å². The lowest BCUT2D eigenvalue weighted by molar-refractivity contribution is 0.215. The van der Waals surface area contributed by atoms with Gasteiger partial charge in [0.1, 0.15) is 0 Å². The maximum Gasteiger partial charge on any atom is 0.338 e. The maximum absolute atomic E-state index is 10.6. The fourth-order valence-corrected chi connectivity index (χ4v) is 2.65. The third kappa shape index (κ3) is 3.38. The molecule has 1 saturated carbocycles. The molecule has 1 aliphatic rings. The minimum absolute atomic E-state index is 0.0346. The van der Waals surface area contributed by atoms with E-state index >= 15 is 0 Å². The van der Waals surface area contributed by atoms with Gasteiger partial charge in [0.15, 0.2) is 0 Å². The Morgan fingerprint density at radius 3 is 2.93 bits per heavy atom. The van der Waals surface area contributed by atoms with Gasteiger partial charge in [0.2, 0.25) is 0 Å². The molecule has 4 heteroatoms. The molecule has 2 N–H and O–H groups in total. The van der Waals surface area contributed by atoms with Crippen LogP contribution < -0.4 is 5.23 Å². The molecule has 1 aliphatic carbocycles. The monoisotopic (exact) mass is 209 g/mol. The van der Waals surface area contributed by atoms with Crippen LogP contribution in [0.3, 0.4) is 0 Å². The van der Waals surface area contributed by atoms with Crippen LogP contribution in [0, 0.1) is 5.92 Å². The van der Waals surface area contributed by atoms with Gasteiger partial charge in [-0.1, -0.05) is 26.0 Å². The highest BCUT2D eigenvalue weighted by atomic mass is 16.4. The molecule has 1 fully saturated rings. The number of hydrogen-bond acceptors (Lipinski definition) is 2. The molecule has 0 bridgehead atoms. The van der Waals surface area contributed by atoms with Gasteiger partial charge in [-0.3, -0.25) is 4.79 Å². The quantitative estimate of drug-likeness (QED) is 0.550. The van der Waals surface area contributed by atoms with Gasteiger partial charge in [-0.2, -0.15) is 0 Å². The summed E-state index contributed by atoms with van der Waals surface area (Å²) in [6.45, 7) is 8.36. The predicted octanol–water partition coefficient (Wildman–Crippen LogP) is 2.13. The van der Waals surface area contributed by atoms with Crippen molar-refractivity contribution in [3.05, 3.63) is 12.2 Å². The summed E-state index contributed by atoms with van der Waals surface area (Å²) in [6.07, 6.45) is 4.01. The second-order valence-corrected chi connectivity index (χ2v) is 4.82. The first-order valence-corrected chi connectivity index (χ1v) is 5.61. The highest BCUT2D eigenvalue weighted by Crippen LogP contribution is 2.36. The smallest absolute Gasteiger partial charge is 0.338 e. The van der Waals surface area contributed by atoms with Crippen molar-refractivity contribution in [2.24, 2.45) is 5.92 Å².